The van der Waals surface area contributed by atoms with Gasteiger partial charge in [0.05, 0.1) is 21.2 Å². The molecule has 1 atom stereocenters. The van der Waals surface area contributed by atoms with Crippen molar-refractivity contribution in [2.24, 2.45) is 0 Å². The lowest BCUT2D eigenvalue weighted by Crippen LogP contribution is -2.09. The van der Waals surface area contributed by atoms with Crippen LogP contribution in [0.15, 0.2) is 40.9 Å². The first-order chi connectivity index (χ1) is 8.99. The second-order valence-electron chi connectivity index (χ2n) is 4.17. The standard InChI is InChI=1S/C14H12BrClFNO/c1-8(10-6-5-9(19)7-12(10)17)18-13-4-2-3-11(16)14(13)15/h2-8,18-19H,1H3. The van der Waals surface area contributed by atoms with Gasteiger partial charge in [0.1, 0.15) is 11.6 Å². The summed E-state index contributed by atoms with van der Waals surface area (Å²) < 4.78 is 14.5. The molecule has 2 rings (SSSR count). The number of phenolic OH excluding ortho intramolecular Hbond substituents is 1. The second-order valence-corrected chi connectivity index (χ2v) is 5.37. The summed E-state index contributed by atoms with van der Waals surface area (Å²) in [4.78, 5) is 0. The third-order valence-corrected chi connectivity index (χ3v) is 4.17. The van der Waals surface area contributed by atoms with E-state index < -0.39 is 5.82 Å². The Hall–Kier alpha value is -1.26. The molecule has 0 bridgehead atoms. The number of aromatic hydroxyl groups is 1. The fourth-order valence-corrected chi connectivity index (χ4v) is 2.35. The summed E-state index contributed by atoms with van der Waals surface area (Å²) in [5, 5.41) is 13.0. The van der Waals surface area contributed by atoms with E-state index in [1.807, 2.05) is 19.1 Å². The molecule has 5 heteroatoms. The smallest absolute Gasteiger partial charge is 0.132 e. The summed E-state index contributed by atoms with van der Waals surface area (Å²) in [6.45, 7) is 1.84. The number of anilines is 1. The van der Waals surface area contributed by atoms with Crippen LogP contribution in [-0.2, 0) is 0 Å². The Morgan fingerprint density at radius 3 is 2.74 bits per heavy atom. The Labute approximate surface area is 124 Å². The van der Waals surface area contributed by atoms with E-state index in [-0.39, 0.29) is 11.8 Å². The summed E-state index contributed by atoms with van der Waals surface area (Å²) in [5.41, 5.74) is 1.26. The van der Waals surface area contributed by atoms with Crippen LogP contribution < -0.4 is 5.32 Å². The Morgan fingerprint density at radius 2 is 2.05 bits per heavy atom. The van der Waals surface area contributed by atoms with Gasteiger partial charge < -0.3 is 10.4 Å². The van der Waals surface area contributed by atoms with Gasteiger partial charge in [0, 0.05) is 11.6 Å². The Bertz CT molecular complexity index is 606. The summed E-state index contributed by atoms with van der Waals surface area (Å²) >= 11 is 9.38. The van der Waals surface area contributed by atoms with Crippen LogP contribution in [0, 0.1) is 5.82 Å². The monoisotopic (exact) mass is 343 g/mol. The van der Waals surface area contributed by atoms with Crippen molar-refractivity contribution in [3.63, 3.8) is 0 Å². The molecule has 0 aliphatic carbocycles. The molecule has 2 nitrogen and oxygen atoms in total. The molecule has 0 fully saturated rings. The zero-order valence-electron chi connectivity index (χ0n) is 10.1. The van der Waals surface area contributed by atoms with Crippen molar-refractivity contribution < 1.29 is 9.50 Å². The van der Waals surface area contributed by atoms with E-state index in [1.165, 1.54) is 6.07 Å². The van der Waals surface area contributed by atoms with E-state index in [1.54, 1.807) is 12.1 Å². The SMILES string of the molecule is CC(Nc1cccc(Cl)c1Br)c1ccc(O)cc1F. The predicted octanol–water partition coefficient (Wildman–Crippen LogP) is 5.12. The maximum atomic E-state index is 13.7. The average molecular weight is 345 g/mol. The van der Waals surface area contributed by atoms with Gasteiger partial charge in [-0.2, -0.15) is 0 Å². The van der Waals surface area contributed by atoms with Crippen molar-refractivity contribution in [3.05, 3.63) is 57.3 Å². The number of hydrogen-bond donors (Lipinski definition) is 2. The Kier molecular flexibility index (Phi) is 4.32. The molecule has 0 saturated heterocycles. The summed E-state index contributed by atoms with van der Waals surface area (Å²) in [6.07, 6.45) is 0. The lowest BCUT2D eigenvalue weighted by molar-refractivity contribution is 0.467. The quantitative estimate of drug-likeness (QED) is 0.810. The zero-order chi connectivity index (χ0) is 14.0. The van der Waals surface area contributed by atoms with E-state index in [0.29, 0.717) is 10.6 Å². The first-order valence-corrected chi connectivity index (χ1v) is 6.85. The van der Waals surface area contributed by atoms with Crippen molar-refractivity contribution in [2.45, 2.75) is 13.0 Å². The number of hydrogen-bond acceptors (Lipinski definition) is 2. The minimum absolute atomic E-state index is 0.0858. The van der Waals surface area contributed by atoms with Gasteiger partial charge in [0.25, 0.3) is 0 Å². The molecule has 19 heavy (non-hydrogen) atoms. The first kappa shape index (κ1) is 14.2. The van der Waals surface area contributed by atoms with Crippen molar-refractivity contribution in [1.82, 2.24) is 0 Å². The molecule has 0 spiro atoms. The minimum atomic E-state index is -0.446. The first-order valence-electron chi connectivity index (χ1n) is 5.68. The highest BCUT2D eigenvalue weighted by Crippen LogP contribution is 2.33. The van der Waals surface area contributed by atoms with Gasteiger partial charge in [-0.15, -0.1) is 0 Å². The van der Waals surface area contributed by atoms with Gasteiger partial charge in [0.15, 0.2) is 0 Å². The van der Waals surface area contributed by atoms with Crippen LogP contribution in [0.5, 0.6) is 5.75 Å². The third-order valence-electron chi connectivity index (χ3n) is 2.77. The second kappa shape index (κ2) is 5.80. The fourth-order valence-electron chi connectivity index (χ4n) is 1.79. The number of phenols is 1. The maximum Gasteiger partial charge on any atom is 0.132 e. The largest absolute Gasteiger partial charge is 0.508 e. The van der Waals surface area contributed by atoms with Crippen molar-refractivity contribution >= 4 is 33.2 Å². The van der Waals surface area contributed by atoms with Gasteiger partial charge in [0.2, 0.25) is 0 Å². The maximum absolute atomic E-state index is 13.7. The number of nitrogens with one attached hydrogen (secondary N) is 1. The van der Waals surface area contributed by atoms with E-state index in [4.69, 9.17) is 11.6 Å². The Balaban J connectivity index is 2.25. The molecule has 0 aliphatic rings. The van der Waals surface area contributed by atoms with Gasteiger partial charge >= 0.3 is 0 Å². The van der Waals surface area contributed by atoms with Crippen LogP contribution >= 0.6 is 27.5 Å². The molecular formula is C14H12BrClFNO. The average Bonchev–Trinajstić information content (AvgIpc) is 2.34. The van der Waals surface area contributed by atoms with Crippen molar-refractivity contribution in [2.75, 3.05) is 5.32 Å². The summed E-state index contributed by atoms with van der Waals surface area (Å²) in [6, 6.07) is 9.29. The molecule has 0 heterocycles. The molecule has 100 valence electrons. The molecule has 2 N–H and O–H groups in total. The van der Waals surface area contributed by atoms with Crippen LogP contribution in [0.2, 0.25) is 5.02 Å². The third kappa shape index (κ3) is 3.19. The highest BCUT2D eigenvalue weighted by molar-refractivity contribution is 9.10. The minimum Gasteiger partial charge on any atom is -0.508 e. The van der Waals surface area contributed by atoms with Crippen LogP contribution in [0.1, 0.15) is 18.5 Å². The van der Waals surface area contributed by atoms with Crippen molar-refractivity contribution in [1.29, 1.82) is 0 Å². The van der Waals surface area contributed by atoms with Gasteiger partial charge in [-0.3, -0.25) is 0 Å². The number of benzene rings is 2. The molecule has 0 aliphatic heterocycles. The number of halogens is 3. The van der Waals surface area contributed by atoms with Crippen molar-refractivity contribution in [3.8, 4) is 5.75 Å². The zero-order valence-corrected chi connectivity index (χ0v) is 12.5. The molecule has 0 radical (unpaired) electrons. The van der Waals surface area contributed by atoms with Crippen LogP contribution in [0.25, 0.3) is 0 Å². The predicted molar refractivity (Wildman–Crippen MR) is 79.3 cm³/mol. The highest BCUT2D eigenvalue weighted by Gasteiger charge is 2.13. The highest BCUT2D eigenvalue weighted by atomic mass is 79.9. The van der Waals surface area contributed by atoms with Crippen LogP contribution in [0.3, 0.4) is 0 Å². The van der Waals surface area contributed by atoms with E-state index in [9.17, 15) is 9.50 Å². The Morgan fingerprint density at radius 1 is 1.32 bits per heavy atom. The molecule has 0 saturated carbocycles. The van der Waals surface area contributed by atoms with Gasteiger partial charge in [-0.25, -0.2) is 4.39 Å². The van der Waals surface area contributed by atoms with E-state index in [2.05, 4.69) is 21.2 Å². The molecule has 2 aromatic carbocycles. The van der Waals surface area contributed by atoms with Crippen LogP contribution in [0.4, 0.5) is 10.1 Å². The topological polar surface area (TPSA) is 32.3 Å². The molecule has 1 unspecified atom stereocenters. The van der Waals surface area contributed by atoms with Gasteiger partial charge in [-0.05, 0) is 41.1 Å². The van der Waals surface area contributed by atoms with E-state index in [0.717, 1.165) is 16.2 Å². The molecular weight excluding hydrogens is 333 g/mol. The summed E-state index contributed by atoms with van der Waals surface area (Å²) in [5.74, 6) is -0.532. The lowest BCUT2D eigenvalue weighted by Gasteiger charge is -2.18. The van der Waals surface area contributed by atoms with E-state index >= 15 is 0 Å². The molecule has 0 aromatic heterocycles. The summed E-state index contributed by atoms with van der Waals surface area (Å²) in [7, 11) is 0. The van der Waals surface area contributed by atoms with Gasteiger partial charge in [-0.1, -0.05) is 23.7 Å². The molecule has 2 aromatic rings. The fraction of sp³-hybridized carbons (Fsp3) is 0.143. The lowest BCUT2D eigenvalue weighted by atomic mass is 10.1. The number of rotatable bonds is 3. The molecule has 0 amide bonds. The normalized spacial score (nSPS) is 12.2. The van der Waals surface area contributed by atoms with Crippen LogP contribution in [-0.4, -0.2) is 5.11 Å².